The fourth-order valence-electron chi connectivity index (χ4n) is 1.40. The highest BCUT2D eigenvalue weighted by Crippen LogP contribution is 2.20. The number of hydrogen-bond donors (Lipinski definition) is 2. The third-order valence-corrected chi connectivity index (χ3v) is 2.01. The minimum atomic E-state index is -0.715. The summed E-state index contributed by atoms with van der Waals surface area (Å²) in [7, 11) is 0. The van der Waals surface area contributed by atoms with E-state index in [2.05, 4.69) is 5.32 Å². The summed E-state index contributed by atoms with van der Waals surface area (Å²) >= 11 is 0. The lowest BCUT2D eigenvalue weighted by molar-refractivity contribution is -0.385. The maximum absolute atomic E-state index is 13.1. The van der Waals surface area contributed by atoms with Crippen molar-refractivity contribution in [1.29, 1.82) is 0 Å². The number of carbonyl (C=O) groups is 1. The van der Waals surface area contributed by atoms with Crippen molar-refractivity contribution in [2.24, 2.45) is 5.73 Å². The number of amides is 1. The van der Waals surface area contributed by atoms with Crippen LogP contribution in [-0.4, -0.2) is 16.9 Å². The van der Waals surface area contributed by atoms with E-state index in [0.29, 0.717) is 0 Å². The second kappa shape index (κ2) is 5.24. The Morgan fingerprint density at radius 2 is 2.24 bits per heavy atom. The van der Waals surface area contributed by atoms with Crippen LogP contribution in [0.5, 0.6) is 0 Å². The molecule has 6 nitrogen and oxygen atoms in total. The third-order valence-electron chi connectivity index (χ3n) is 2.01. The molecule has 0 saturated carbocycles. The third kappa shape index (κ3) is 4.06. The number of anilines is 1. The van der Waals surface area contributed by atoms with Crippen LogP contribution in [0.25, 0.3) is 0 Å². The summed E-state index contributed by atoms with van der Waals surface area (Å²) in [6.45, 7) is 1.67. The predicted molar refractivity (Wildman–Crippen MR) is 60.0 cm³/mol. The van der Waals surface area contributed by atoms with E-state index >= 15 is 0 Å². The molecule has 1 atom stereocenters. The molecule has 1 aromatic carbocycles. The molecule has 3 N–H and O–H groups in total. The van der Waals surface area contributed by atoms with Crippen LogP contribution in [0.15, 0.2) is 18.2 Å². The zero-order valence-electron chi connectivity index (χ0n) is 9.14. The van der Waals surface area contributed by atoms with Crippen LogP contribution in [0.3, 0.4) is 0 Å². The maximum Gasteiger partial charge on any atom is 0.274 e. The number of hydrogen-bond acceptors (Lipinski definition) is 4. The zero-order valence-corrected chi connectivity index (χ0v) is 9.14. The second-order valence-corrected chi connectivity index (χ2v) is 3.67. The van der Waals surface area contributed by atoms with E-state index in [1.54, 1.807) is 6.92 Å². The van der Waals surface area contributed by atoms with Gasteiger partial charge in [-0.2, -0.15) is 0 Å². The van der Waals surface area contributed by atoms with Crippen LogP contribution in [0, 0.1) is 15.9 Å². The van der Waals surface area contributed by atoms with E-state index < -0.39 is 16.6 Å². The average molecular weight is 241 g/mol. The number of non-ortho nitro benzene ring substituents is 1. The fourth-order valence-corrected chi connectivity index (χ4v) is 1.40. The van der Waals surface area contributed by atoms with Gasteiger partial charge in [0.1, 0.15) is 5.82 Å². The molecule has 0 saturated heterocycles. The Hall–Kier alpha value is -2.18. The zero-order chi connectivity index (χ0) is 13.0. The highest BCUT2D eigenvalue weighted by atomic mass is 19.1. The average Bonchev–Trinajstić information content (AvgIpc) is 2.14. The number of nitrogens with one attached hydrogen (secondary N) is 1. The van der Waals surface area contributed by atoms with Gasteiger partial charge in [0.2, 0.25) is 5.91 Å². The topological polar surface area (TPSA) is 98.3 Å². The number of nitro benzene ring substituents is 1. The van der Waals surface area contributed by atoms with E-state index in [-0.39, 0.29) is 23.8 Å². The molecule has 1 unspecified atom stereocenters. The van der Waals surface area contributed by atoms with Gasteiger partial charge >= 0.3 is 0 Å². The van der Waals surface area contributed by atoms with Crippen molar-refractivity contribution >= 4 is 17.3 Å². The van der Waals surface area contributed by atoms with Crippen LogP contribution in [0.4, 0.5) is 15.8 Å². The SMILES string of the molecule is CC(CC(N)=O)Nc1cc(F)cc([N+](=O)[O-])c1. The maximum atomic E-state index is 13.1. The lowest BCUT2D eigenvalue weighted by atomic mass is 10.2. The molecule has 1 aromatic rings. The fraction of sp³-hybridized carbons (Fsp3) is 0.300. The van der Waals surface area contributed by atoms with Crippen molar-refractivity contribution in [2.75, 3.05) is 5.32 Å². The summed E-state index contributed by atoms with van der Waals surface area (Å²) < 4.78 is 13.1. The summed E-state index contributed by atoms with van der Waals surface area (Å²) in [5, 5.41) is 13.3. The van der Waals surface area contributed by atoms with Crippen molar-refractivity contribution in [1.82, 2.24) is 0 Å². The minimum absolute atomic E-state index is 0.0598. The Kier molecular flexibility index (Phi) is 3.97. The minimum Gasteiger partial charge on any atom is -0.382 e. The molecule has 0 radical (unpaired) electrons. The quantitative estimate of drug-likeness (QED) is 0.601. The number of nitrogens with zero attached hydrogens (tertiary/aromatic N) is 1. The van der Waals surface area contributed by atoms with Crippen LogP contribution >= 0.6 is 0 Å². The smallest absolute Gasteiger partial charge is 0.274 e. The van der Waals surface area contributed by atoms with E-state index in [1.807, 2.05) is 0 Å². The van der Waals surface area contributed by atoms with Crippen molar-refractivity contribution in [3.8, 4) is 0 Å². The number of primary amides is 1. The summed E-state index contributed by atoms with van der Waals surface area (Å²) in [6, 6.07) is 2.81. The van der Waals surface area contributed by atoms with Gasteiger partial charge in [-0.1, -0.05) is 0 Å². The van der Waals surface area contributed by atoms with Crippen molar-refractivity contribution in [3.05, 3.63) is 34.1 Å². The first-order chi connectivity index (χ1) is 7.88. The van der Waals surface area contributed by atoms with Crippen molar-refractivity contribution in [3.63, 3.8) is 0 Å². The van der Waals surface area contributed by atoms with Gasteiger partial charge in [-0.15, -0.1) is 0 Å². The Morgan fingerprint density at radius 3 is 2.76 bits per heavy atom. The number of rotatable bonds is 5. The molecule has 7 heteroatoms. The first-order valence-electron chi connectivity index (χ1n) is 4.88. The molecular formula is C10H12FN3O3. The van der Waals surface area contributed by atoms with Gasteiger partial charge in [-0.3, -0.25) is 14.9 Å². The Morgan fingerprint density at radius 1 is 1.59 bits per heavy atom. The molecule has 0 aliphatic heterocycles. The Labute approximate surface area is 96.8 Å². The largest absolute Gasteiger partial charge is 0.382 e. The highest BCUT2D eigenvalue weighted by molar-refractivity contribution is 5.75. The van der Waals surface area contributed by atoms with Gasteiger partial charge in [0.25, 0.3) is 5.69 Å². The Balaban J connectivity index is 2.84. The van der Waals surface area contributed by atoms with Gasteiger partial charge in [-0.25, -0.2) is 4.39 Å². The van der Waals surface area contributed by atoms with E-state index in [0.717, 1.165) is 12.1 Å². The van der Waals surface area contributed by atoms with Crippen LogP contribution in [0.2, 0.25) is 0 Å². The number of nitrogens with two attached hydrogens (primary N) is 1. The number of halogens is 1. The molecule has 0 fully saturated rings. The molecule has 92 valence electrons. The highest BCUT2D eigenvalue weighted by Gasteiger charge is 2.12. The predicted octanol–water partition coefficient (Wildman–Crippen LogP) is 1.41. The van der Waals surface area contributed by atoms with Crippen molar-refractivity contribution < 1.29 is 14.1 Å². The van der Waals surface area contributed by atoms with Gasteiger partial charge in [-0.05, 0) is 13.0 Å². The standard InChI is InChI=1S/C10H12FN3O3/c1-6(2-10(12)15)13-8-3-7(11)4-9(5-8)14(16)17/h3-6,13H,2H2,1H3,(H2,12,15). The molecule has 0 aromatic heterocycles. The van der Waals surface area contributed by atoms with Gasteiger partial charge < -0.3 is 11.1 Å². The van der Waals surface area contributed by atoms with E-state index in [1.165, 1.54) is 6.07 Å². The lowest BCUT2D eigenvalue weighted by Gasteiger charge is -2.13. The molecule has 0 aliphatic carbocycles. The molecule has 1 amide bonds. The first kappa shape index (κ1) is 12.9. The number of nitro groups is 1. The first-order valence-corrected chi connectivity index (χ1v) is 4.88. The molecule has 1 rings (SSSR count). The van der Waals surface area contributed by atoms with Gasteiger partial charge in [0, 0.05) is 24.2 Å². The monoisotopic (exact) mass is 241 g/mol. The molecular weight excluding hydrogens is 229 g/mol. The van der Waals surface area contributed by atoms with E-state index in [9.17, 15) is 19.3 Å². The second-order valence-electron chi connectivity index (χ2n) is 3.67. The van der Waals surface area contributed by atoms with Crippen LogP contribution in [0.1, 0.15) is 13.3 Å². The normalized spacial score (nSPS) is 11.9. The summed E-state index contributed by atoms with van der Waals surface area (Å²) in [6.07, 6.45) is 0.0598. The number of carbonyl (C=O) groups excluding carboxylic acids is 1. The summed E-state index contributed by atoms with van der Waals surface area (Å²) in [5.41, 5.74) is 4.89. The molecule has 0 aliphatic rings. The van der Waals surface area contributed by atoms with Gasteiger partial charge in [0.05, 0.1) is 11.0 Å². The molecule has 0 spiro atoms. The Bertz CT molecular complexity index is 450. The summed E-state index contributed by atoms with van der Waals surface area (Å²) in [5.74, 6) is -1.22. The molecule has 0 bridgehead atoms. The number of benzene rings is 1. The van der Waals surface area contributed by atoms with Crippen molar-refractivity contribution in [2.45, 2.75) is 19.4 Å². The molecule has 0 heterocycles. The van der Waals surface area contributed by atoms with Crippen LogP contribution in [-0.2, 0) is 4.79 Å². The molecule has 17 heavy (non-hydrogen) atoms. The summed E-state index contributed by atoms with van der Waals surface area (Å²) in [4.78, 5) is 20.5. The lowest BCUT2D eigenvalue weighted by Crippen LogP contribution is -2.24. The van der Waals surface area contributed by atoms with Crippen LogP contribution < -0.4 is 11.1 Å². The van der Waals surface area contributed by atoms with E-state index in [4.69, 9.17) is 5.73 Å². The van der Waals surface area contributed by atoms with Gasteiger partial charge in [0.15, 0.2) is 0 Å².